The molecule has 0 amide bonds. The van der Waals surface area contributed by atoms with E-state index in [1.54, 1.807) is 28.9 Å². The topological polar surface area (TPSA) is 66.9 Å². The molecule has 148 valence electrons. The third-order valence-electron chi connectivity index (χ3n) is 5.42. The van der Waals surface area contributed by atoms with Crippen LogP contribution in [0, 0.1) is 5.82 Å². The third-order valence-corrected chi connectivity index (χ3v) is 5.42. The van der Waals surface area contributed by atoms with Crippen LogP contribution in [0.15, 0.2) is 51.9 Å². The lowest BCUT2D eigenvalue weighted by atomic mass is 10.1. The highest BCUT2D eigenvalue weighted by molar-refractivity contribution is 5.80. The Balaban J connectivity index is 1.56. The van der Waals surface area contributed by atoms with Crippen LogP contribution in [0.2, 0.25) is 0 Å². The summed E-state index contributed by atoms with van der Waals surface area (Å²) < 4.78 is 21.0. The molecule has 5 rings (SSSR count). The van der Waals surface area contributed by atoms with Gasteiger partial charge in [0.2, 0.25) is 5.71 Å². The lowest BCUT2D eigenvalue weighted by Gasteiger charge is -2.38. The van der Waals surface area contributed by atoms with E-state index in [0.29, 0.717) is 17.1 Å². The summed E-state index contributed by atoms with van der Waals surface area (Å²) >= 11 is 0. The molecule has 0 spiro atoms. The summed E-state index contributed by atoms with van der Waals surface area (Å²) in [7, 11) is 2.10. The number of nitrogens with zero attached hydrogens (tertiary/aromatic N) is 5. The molecule has 1 aliphatic rings. The van der Waals surface area contributed by atoms with Gasteiger partial charge in [0, 0.05) is 43.5 Å². The molecule has 0 unspecified atom stereocenters. The first-order chi connectivity index (χ1) is 14.0. The van der Waals surface area contributed by atoms with Gasteiger partial charge < -0.3 is 18.6 Å². The molecule has 1 saturated heterocycles. The Kier molecular flexibility index (Phi) is 4.09. The summed E-state index contributed by atoms with van der Waals surface area (Å²) in [4.78, 5) is 26.0. The standard InChI is InChI=1S/C21H20FN5O2/c1-13-11-25(2)8-9-27(13)18-6-5-14-10-15(21(28)29-20(14)24-18)17-12-26-7-3-4-16(22)19(26)23-17/h3-7,10,12-13H,8-9,11H2,1-2H3/t13-/m0/s1. The SMILES string of the molecule is C[C@H]1CN(C)CCN1c1ccc2cc(-c3cn4cccc(F)c4n3)c(=O)oc2n1. The fourth-order valence-electron chi connectivity index (χ4n) is 3.92. The van der Waals surface area contributed by atoms with E-state index in [-0.39, 0.29) is 16.9 Å². The first kappa shape index (κ1) is 17.8. The van der Waals surface area contributed by atoms with Gasteiger partial charge >= 0.3 is 5.63 Å². The predicted molar refractivity (Wildman–Crippen MR) is 109 cm³/mol. The summed E-state index contributed by atoms with van der Waals surface area (Å²) in [5.41, 5.74) is 0.555. The Labute approximate surface area is 166 Å². The number of hydrogen-bond acceptors (Lipinski definition) is 6. The van der Waals surface area contributed by atoms with Crippen molar-refractivity contribution in [1.82, 2.24) is 19.3 Å². The van der Waals surface area contributed by atoms with Crippen LogP contribution in [0.3, 0.4) is 0 Å². The Morgan fingerprint density at radius 1 is 1.21 bits per heavy atom. The monoisotopic (exact) mass is 393 g/mol. The quantitative estimate of drug-likeness (QED) is 0.522. The number of aromatic nitrogens is 3. The Morgan fingerprint density at radius 3 is 2.86 bits per heavy atom. The van der Waals surface area contributed by atoms with Crippen LogP contribution >= 0.6 is 0 Å². The van der Waals surface area contributed by atoms with Crippen molar-refractivity contribution in [3.8, 4) is 11.3 Å². The molecule has 5 heterocycles. The zero-order valence-corrected chi connectivity index (χ0v) is 16.2. The van der Waals surface area contributed by atoms with E-state index in [1.807, 2.05) is 12.1 Å². The van der Waals surface area contributed by atoms with E-state index >= 15 is 0 Å². The minimum atomic E-state index is -0.544. The van der Waals surface area contributed by atoms with Crippen molar-refractivity contribution in [2.75, 3.05) is 31.6 Å². The van der Waals surface area contributed by atoms with Crippen LogP contribution in [0.25, 0.3) is 28.0 Å². The van der Waals surface area contributed by atoms with E-state index in [2.05, 4.69) is 33.7 Å². The molecule has 1 atom stereocenters. The van der Waals surface area contributed by atoms with Gasteiger partial charge in [-0.05, 0) is 44.3 Å². The van der Waals surface area contributed by atoms with Gasteiger partial charge in [0.15, 0.2) is 11.5 Å². The lowest BCUT2D eigenvalue weighted by molar-refractivity contribution is 0.274. The van der Waals surface area contributed by atoms with Crippen LogP contribution in [0.1, 0.15) is 6.92 Å². The lowest BCUT2D eigenvalue weighted by Crippen LogP contribution is -2.50. The maximum atomic E-state index is 13.9. The zero-order valence-electron chi connectivity index (χ0n) is 16.2. The maximum absolute atomic E-state index is 13.9. The number of pyridine rings is 2. The Hall–Kier alpha value is -3.26. The van der Waals surface area contributed by atoms with Crippen molar-refractivity contribution in [1.29, 1.82) is 0 Å². The number of hydrogen-bond donors (Lipinski definition) is 0. The molecular formula is C21H20FN5O2. The molecule has 29 heavy (non-hydrogen) atoms. The molecule has 4 aromatic rings. The second kappa shape index (κ2) is 6.66. The van der Waals surface area contributed by atoms with E-state index in [4.69, 9.17) is 4.42 Å². The van der Waals surface area contributed by atoms with Crippen molar-refractivity contribution in [3.05, 3.63) is 59.0 Å². The number of likely N-dealkylation sites (N-methyl/N-ethyl adjacent to an activating group) is 1. The molecule has 0 N–H and O–H groups in total. The predicted octanol–water partition coefficient (Wildman–Crippen LogP) is 2.78. The molecule has 0 aromatic carbocycles. The normalized spacial score (nSPS) is 18.0. The van der Waals surface area contributed by atoms with Crippen LogP contribution < -0.4 is 10.5 Å². The van der Waals surface area contributed by atoms with Crippen molar-refractivity contribution in [2.24, 2.45) is 0 Å². The molecule has 0 aliphatic carbocycles. The van der Waals surface area contributed by atoms with Gasteiger partial charge in [-0.15, -0.1) is 0 Å². The average Bonchev–Trinajstić information content (AvgIpc) is 3.12. The highest BCUT2D eigenvalue weighted by Crippen LogP contribution is 2.24. The van der Waals surface area contributed by atoms with Crippen LogP contribution in [-0.4, -0.2) is 52.0 Å². The average molecular weight is 393 g/mol. The van der Waals surface area contributed by atoms with Crippen LogP contribution in [0.4, 0.5) is 10.2 Å². The maximum Gasteiger partial charge on any atom is 0.347 e. The first-order valence-corrected chi connectivity index (χ1v) is 9.53. The van der Waals surface area contributed by atoms with Crippen LogP contribution in [0.5, 0.6) is 0 Å². The van der Waals surface area contributed by atoms with Crippen molar-refractivity contribution >= 4 is 22.6 Å². The van der Waals surface area contributed by atoms with Crippen molar-refractivity contribution in [3.63, 3.8) is 0 Å². The number of rotatable bonds is 2. The number of imidazole rings is 1. The number of piperazine rings is 1. The van der Waals surface area contributed by atoms with Gasteiger partial charge in [0.1, 0.15) is 5.82 Å². The minimum absolute atomic E-state index is 0.166. The largest absolute Gasteiger partial charge is 0.403 e. The Morgan fingerprint density at radius 2 is 2.07 bits per heavy atom. The second-order valence-electron chi connectivity index (χ2n) is 7.53. The smallest absolute Gasteiger partial charge is 0.347 e. The van der Waals surface area contributed by atoms with Gasteiger partial charge in [-0.1, -0.05) is 0 Å². The molecule has 8 heteroatoms. The van der Waals surface area contributed by atoms with Gasteiger partial charge in [-0.3, -0.25) is 0 Å². The third kappa shape index (κ3) is 3.05. The molecular weight excluding hydrogens is 373 g/mol. The summed E-state index contributed by atoms with van der Waals surface area (Å²) in [5.74, 6) is 0.348. The van der Waals surface area contributed by atoms with Gasteiger partial charge in [0.25, 0.3) is 0 Å². The zero-order chi connectivity index (χ0) is 20.1. The van der Waals surface area contributed by atoms with Crippen LogP contribution in [-0.2, 0) is 0 Å². The van der Waals surface area contributed by atoms with Gasteiger partial charge in [0.05, 0.1) is 11.3 Å². The van der Waals surface area contributed by atoms with E-state index in [0.717, 1.165) is 25.5 Å². The minimum Gasteiger partial charge on any atom is -0.403 e. The highest BCUT2D eigenvalue weighted by Gasteiger charge is 2.23. The van der Waals surface area contributed by atoms with Gasteiger partial charge in [-0.25, -0.2) is 14.2 Å². The molecule has 1 fully saturated rings. The number of fused-ring (bicyclic) bond motifs is 2. The molecule has 0 saturated carbocycles. The molecule has 4 aromatic heterocycles. The summed E-state index contributed by atoms with van der Waals surface area (Å²) in [6.07, 6.45) is 3.30. The van der Waals surface area contributed by atoms with Gasteiger partial charge in [-0.2, -0.15) is 4.98 Å². The molecule has 7 nitrogen and oxygen atoms in total. The van der Waals surface area contributed by atoms with Crippen molar-refractivity contribution in [2.45, 2.75) is 13.0 Å². The molecule has 1 aliphatic heterocycles. The summed E-state index contributed by atoms with van der Waals surface area (Å²) in [6.45, 7) is 4.93. The van der Waals surface area contributed by atoms with E-state index < -0.39 is 11.4 Å². The highest BCUT2D eigenvalue weighted by atomic mass is 19.1. The summed E-state index contributed by atoms with van der Waals surface area (Å²) in [5, 5.41) is 0.697. The first-order valence-electron chi connectivity index (χ1n) is 9.53. The fraction of sp³-hybridized carbons (Fsp3) is 0.286. The number of halogens is 1. The van der Waals surface area contributed by atoms with E-state index in [9.17, 15) is 9.18 Å². The van der Waals surface area contributed by atoms with Crippen molar-refractivity contribution < 1.29 is 8.81 Å². The van der Waals surface area contributed by atoms with E-state index in [1.165, 1.54) is 6.07 Å². The molecule has 0 bridgehead atoms. The second-order valence-corrected chi connectivity index (χ2v) is 7.53. The summed E-state index contributed by atoms with van der Waals surface area (Å²) in [6, 6.07) is 8.77. The number of anilines is 1. The fourth-order valence-corrected chi connectivity index (χ4v) is 3.92. The molecule has 0 radical (unpaired) electrons. The Bertz CT molecular complexity index is 1280.